The van der Waals surface area contributed by atoms with Gasteiger partial charge in [0.25, 0.3) is 5.92 Å². The van der Waals surface area contributed by atoms with E-state index in [9.17, 15) is 13.6 Å². The summed E-state index contributed by atoms with van der Waals surface area (Å²) in [7, 11) is 0. The molecular formula is C21H23ClF2N6O3. The van der Waals surface area contributed by atoms with Crippen LogP contribution in [0.4, 0.5) is 25.1 Å². The van der Waals surface area contributed by atoms with Gasteiger partial charge >= 0.3 is 6.03 Å². The van der Waals surface area contributed by atoms with Gasteiger partial charge in [-0.25, -0.2) is 18.6 Å². The molecule has 0 saturated heterocycles. The van der Waals surface area contributed by atoms with Gasteiger partial charge in [0.1, 0.15) is 12.4 Å². The zero-order valence-electron chi connectivity index (χ0n) is 18.0. The summed E-state index contributed by atoms with van der Waals surface area (Å²) < 4.78 is 33.0. The minimum atomic E-state index is -2.90. The van der Waals surface area contributed by atoms with Crippen molar-refractivity contribution in [2.24, 2.45) is 0 Å². The average molecular weight is 481 g/mol. The van der Waals surface area contributed by atoms with E-state index in [4.69, 9.17) is 21.1 Å². The highest BCUT2D eigenvalue weighted by atomic mass is 35.5. The van der Waals surface area contributed by atoms with Gasteiger partial charge in [-0.1, -0.05) is 24.6 Å². The number of urea groups is 1. The minimum Gasteiger partial charge on any atom is -0.418 e. The number of pyridine rings is 1. The number of aliphatic hydroxyl groups excluding tert-OH is 1. The third-order valence-electron chi connectivity index (χ3n) is 4.72. The largest absolute Gasteiger partial charge is 0.418 e. The molecule has 0 aliphatic heterocycles. The molecule has 0 aliphatic rings. The number of amides is 2. The second-order valence-corrected chi connectivity index (χ2v) is 7.52. The second-order valence-electron chi connectivity index (χ2n) is 7.11. The van der Waals surface area contributed by atoms with Crippen molar-refractivity contribution in [1.82, 2.24) is 20.5 Å². The van der Waals surface area contributed by atoms with Crippen molar-refractivity contribution in [3.8, 4) is 11.5 Å². The van der Waals surface area contributed by atoms with Crippen LogP contribution in [-0.4, -0.2) is 39.4 Å². The summed E-state index contributed by atoms with van der Waals surface area (Å²) in [4.78, 5) is 16.3. The molecule has 0 atom stereocenters. The Labute approximate surface area is 193 Å². The van der Waals surface area contributed by atoms with Gasteiger partial charge in [-0.3, -0.25) is 0 Å². The average Bonchev–Trinajstić information content (AvgIpc) is 3.27. The standard InChI is InChI=1S/C21H23ClF2N6O3/c1-3-21(23,24)15-5-4-14(8-12(15)2)28-20(32)26-7-6-25-18-16(22)9-13(10-27-18)19-30-29-17(11-31)33-19/h4-5,8-10,31H,3,6-7,11H2,1-2H3,(H,25,27)(H2,26,28,32). The zero-order valence-corrected chi connectivity index (χ0v) is 18.7. The first-order valence-electron chi connectivity index (χ1n) is 10.1. The lowest BCUT2D eigenvalue weighted by molar-refractivity contribution is -0.00887. The second kappa shape index (κ2) is 10.5. The summed E-state index contributed by atoms with van der Waals surface area (Å²) in [6.07, 6.45) is 1.19. The van der Waals surface area contributed by atoms with Crippen molar-refractivity contribution in [2.45, 2.75) is 32.8 Å². The lowest BCUT2D eigenvalue weighted by Crippen LogP contribution is -2.32. The number of nitrogens with one attached hydrogen (secondary N) is 3. The van der Waals surface area contributed by atoms with E-state index in [-0.39, 0.29) is 36.9 Å². The Hall–Kier alpha value is -3.31. The Morgan fingerprint density at radius 3 is 2.67 bits per heavy atom. The van der Waals surface area contributed by atoms with Gasteiger partial charge in [-0.15, -0.1) is 10.2 Å². The molecule has 4 N–H and O–H groups in total. The fourth-order valence-electron chi connectivity index (χ4n) is 2.99. The molecule has 33 heavy (non-hydrogen) atoms. The van der Waals surface area contributed by atoms with Crippen LogP contribution in [-0.2, 0) is 12.5 Å². The molecule has 2 amide bonds. The predicted octanol–water partition coefficient (Wildman–Crippen LogP) is 4.32. The monoisotopic (exact) mass is 480 g/mol. The number of nitrogens with zero attached hydrogens (tertiary/aromatic N) is 3. The molecule has 0 spiro atoms. The van der Waals surface area contributed by atoms with E-state index >= 15 is 0 Å². The highest BCUT2D eigenvalue weighted by molar-refractivity contribution is 6.33. The summed E-state index contributed by atoms with van der Waals surface area (Å²) in [5, 5.41) is 25.0. The third-order valence-corrected chi connectivity index (χ3v) is 5.00. The normalized spacial score (nSPS) is 11.3. The molecule has 0 radical (unpaired) electrons. The van der Waals surface area contributed by atoms with Crippen molar-refractivity contribution >= 4 is 29.1 Å². The number of hydrogen-bond acceptors (Lipinski definition) is 7. The summed E-state index contributed by atoms with van der Waals surface area (Å²) in [6.45, 7) is 3.22. The fourth-order valence-corrected chi connectivity index (χ4v) is 3.23. The Bertz CT molecular complexity index is 1130. The molecule has 0 fully saturated rings. The predicted molar refractivity (Wildman–Crippen MR) is 119 cm³/mol. The van der Waals surface area contributed by atoms with Crippen molar-refractivity contribution in [1.29, 1.82) is 0 Å². The molecule has 3 rings (SSSR count). The van der Waals surface area contributed by atoms with E-state index in [2.05, 4.69) is 31.1 Å². The van der Waals surface area contributed by atoms with Gasteiger partial charge in [0.05, 0.1) is 10.6 Å². The van der Waals surface area contributed by atoms with E-state index in [0.29, 0.717) is 34.2 Å². The molecule has 0 bridgehead atoms. The van der Waals surface area contributed by atoms with E-state index < -0.39 is 12.0 Å². The molecule has 176 valence electrons. The smallest absolute Gasteiger partial charge is 0.319 e. The molecule has 12 heteroatoms. The summed E-state index contributed by atoms with van der Waals surface area (Å²) in [5.74, 6) is -2.25. The zero-order chi connectivity index (χ0) is 24.0. The van der Waals surface area contributed by atoms with Crippen LogP contribution in [0.5, 0.6) is 0 Å². The Morgan fingerprint density at radius 2 is 2.03 bits per heavy atom. The Morgan fingerprint density at radius 1 is 1.24 bits per heavy atom. The topological polar surface area (TPSA) is 125 Å². The quantitative estimate of drug-likeness (QED) is 0.336. The number of aryl methyl sites for hydroxylation is 1. The maximum Gasteiger partial charge on any atom is 0.319 e. The molecule has 2 heterocycles. The maximum atomic E-state index is 13.9. The third kappa shape index (κ3) is 6.14. The van der Waals surface area contributed by atoms with Crippen LogP contribution in [0.3, 0.4) is 0 Å². The molecule has 1 aromatic carbocycles. The first-order chi connectivity index (χ1) is 15.7. The van der Waals surface area contributed by atoms with Gasteiger partial charge in [0, 0.05) is 37.0 Å². The molecule has 2 aromatic heterocycles. The number of aromatic nitrogens is 3. The number of aliphatic hydroxyl groups is 1. The maximum absolute atomic E-state index is 13.9. The number of halogens is 3. The molecule has 0 unspecified atom stereocenters. The first kappa shape index (κ1) is 24.3. The van der Waals surface area contributed by atoms with E-state index in [1.165, 1.54) is 31.3 Å². The molecule has 0 saturated carbocycles. The Kier molecular flexibility index (Phi) is 7.77. The van der Waals surface area contributed by atoms with Crippen molar-refractivity contribution in [3.63, 3.8) is 0 Å². The van der Waals surface area contributed by atoms with Gasteiger partial charge < -0.3 is 25.5 Å². The summed E-state index contributed by atoms with van der Waals surface area (Å²) in [6, 6.07) is 5.39. The molecule has 0 aliphatic carbocycles. The number of carbonyl (C=O) groups excluding carboxylic acids is 1. The SMILES string of the molecule is CCC(F)(F)c1ccc(NC(=O)NCCNc2ncc(-c3nnc(CO)o3)cc2Cl)cc1C. The fraction of sp³-hybridized carbons (Fsp3) is 0.333. The lowest BCUT2D eigenvalue weighted by atomic mass is 10.00. The van der Waals surface area contributed by atoms with Gasteiger partial charge in [-0.2, -0.15) is 0 Å². The van der Waals surface area contributed by atoms with E-state index in [0.717, 1.165) is 0 Å². The van der Waals surface area contributed by atoms with Crippen molar-refractivity contribution < 1.29 is 23.1 Å². The van der Waals surface area contributed by atoms with E-state index in [1.807, 2.05) is 0 Å². The van der Waals surface area contributed by atoms with Gasteiger partial charge in [0.2, 0.25) is 11.8 Å². The Balaban J connectivity index is 1.48. The molecule has 3 aromatic rings. The number of benzene rings is 1. The van der Waals surface area contributed by atoms with Crippen LogP contribution in [0.15, 0.2) is 34.9 Å². The van der Waals surface area contributed by atoms with Crippen LogP contribution in [0, 0.1) is 6.92 Å². The van der Waals surface area contributed by atoms with Crippen LogP contribution < -0.4 is 16.0 Å². The van der Waals surface area contributed by atoms with Gasteiger partial charge in [0.15, 0.2) is 0 Å². The highest BCUT2D eigenvalue weighted by Gasteiger charge is 2.30. The molecule has 9 nitrogen and oxygen atoms in total. The van der Waals surface area contributed by atoms with Crippen LogP contribution in [0.25, 0.3) is 11.5 Å². The van der Waals surface area contributed by atoms with Crippen molar-refractivity contribution in [3.05, 3.63) is 52.5 Å². The van der Waals surface area contributed by atoms with Crippen molar-refractivity contribution in [2.75, 3.05) is 23.7 Å². The number of hydrogen-bond donors (Lipinski definition) is 4. The number of rotatable bonds is 9. The van der Waals surface area contributed by atoms with Crippen LogP contribution >= 0.6 is 11.6 Å². The summed E-state index contributed by atoms with van der Waals surface area (Å²) in [5.41, 5.74) is 1.26. The van der Waals surface area contributed by atoms with Crippen LogP contribution in [0.1, 0.15) is 30.4 Å². The minimum absolute atomic E-state index is 0.0523. The number of alkyl halides is 2. The van der Waals surface area contributed by atoms with Gasteiger partial charge in [-0.05, 0) is 30.7 Å². The van der Waals surface area contributed by atoms with E-state index in [1.54, 1.807) is 13.0 Å². The molecular weight excluding hydrogens is 458 g/mol. The summed E-state index contributed by atoms with van der Waals surface area (Å²) >= 11 is 6.22. The first-order valence-corrected chi connectivity index (χ1v) is 10.5. The lowest BCUT2D eigenvalue weighted by Gasteiger charge is -2.18. The number of anilines is 2. The van der Waals surface area contributed by atoms with Crippen LogP contribution in [0.2, 0.25) is 5.02 Å². The highest BCUT2D eigenvalue weighted by Crippen LogP contribution is 2.34. The number of carbonyl (C=O) groups is 1.